The van der Waals surface area contributed by atoms with E-state index in [-0.39, 0.29) is 75.1 Å². The van der Waals surface area contributed by atoms with Crippen LogP contribution in [0.2, 0.25) is 0 Å². The zero-order valence-electron chi connectivity index (χ0n) is 11.4. The van der Waals surface area contributed by atoms with Gasteiger partial charge in [-0.25, -0.2) is 12.1 Å². The summed E-state index contributed by atoms with van der Waals surface area (Å²) in [5.41, 5.74) is 1.03. The van der Waals surface area contributed by atoms with Crippen molar-refractivity contribution in [3.8, 4) is 5.75 Å². The summed E-state index contributed by atoms with van der Waals surface area (Å²) >= 11 is 0. The summed E-state index contributed by atoms with van der Waals surface area (Å²) in [6.07, 6.45) is 0. The number of phenolic OH excluding ortho intramolecular Hbond substituents is 1. The number of aromatic hydroxyl groups is 1. The minimum atomic E-state index is 0. The molecule has 2 aromatic carbocycles. The second-order valence-electron chi connectivity index (χ2n) is 4.73. The number of rotatable bonds is 0. The monoisotopic (exact) mass is 517 g/mol. The van der Waals surface area contributed by atoms with Crippen LogP contribution in [0.15, 0.2) is 54.6 Å². The van der Waals surface area contributed by atoms with Crippen molar-refractivity contribution in [3.63, 3.8) is 0 Å². The predicted molar refractivity (Wildman–Crippen MR) is 68.8 cm³/mol. The third-order valence-electron chi connectivity index (χ3n) is 2.27. The van der Waals surface area contributed by atoms with Crippen LogP contribution < -0.4 is 48.0 Å². The average Bonchev–Trinajstić information content (AvgIpc) is 2.74. The van der Waals surface area contributed by atoms with E-state index < -0.39 is 0 Å². The predicted octanol–water partition coefficient (Wildman–Crippen LogP) is -1.90. The molecule has 0 aliphatic rings. The first-order valence-electron chi connectivity index (χ1n) is 5.47. The Bertz CT molecular complexity index is 391. The summed E-state index contributed by atoms with van der Waals surface area (Å²) in [5.74, 6) is 0.389. The molecule has 0 saturated carbocycles. The molecule has 2 aromatic rings. The standard InChI is InChI=1S/C10H14O.C5H5.2HI.Ti/c1-10(2,3)8-6-4-5-7-9(8)11;1-2-4-5-3-1;;;/h4-7,11H,1-3H3;1-5H;2*1H;/q;-1;;;+3/p-2. The van der Waals surface area contributed by atoms with Crippen LogP contribution in [0.25, 0.3) is 0 Å². The SMILES string of the molecule is CC(C)(C)c1ccccc1O.[I-].[I-].[Ti+3].c1cc[cH-]c1. The molecule has 19 heavy (non-hydrogen) atoms. The van der Waals surface area contributed by atoms with Crippen LogP contribution in [0.4, 0.5) is 0 Å². The molecule has 0 atom stereocenters. The summed E-state index contributed by atoms with van der Waals surface area (Å²) in [6, 6.07) is 17.5. The van der Waals surface area contributed by atoms with Crippen molar-refractivity contribution in [3.05, 3.63) is 60.2 Å². The van der Waals surface area contributed by atoms with Crippen LogP contribution in [0.1, 0.15) is 26.3 Å². The fourth-order valence-corrected chi connectivity index (χ4v) is 1.43. The molecule has 1 nitrogen and oxygen atoms in total. The summed E-state index contributed by atoms with van der Waals surface area (Å²) in [6.45, 7) is 6.26. The van der Waals surface area contributed by atoms with Crippen LogP contribution in [-0.2, 0) is 27.1 Å². The molecule has 0 bridgehead atoms. The maximum atomic E-state index is 9.45. The van der Waals surface area contributed by atoms with Crippen molar-refractivity contribution < 1.29 is 74.8 Å². The van der Waals surface area contributed by atoms with E-state index in [9.17, 15) is 5.11 Å². The zero-order chi connectivity index (χ0) is 12.0. The van der Waals surface area contributed by atoms with Crippen molar-refractivity contribution in [2.24, 2.45) is 0 Å². The molecule has 0 aromatic heterocycles. The van der Waals surface area contributed by atoms with Crippen molar-refractivity contribution in [2.75, 3.05) is 0 Å². The molecule has 1 radical (unpaired) electrons. The Morgan fingerprint density at radius 1 is 0.895 bits per heavy atom. The summed E-state index contributed by atoms with van der Waals surface area (Å²) < 4.78 is 0. The molecule has 0 saturated heterocycles. The minimum absolute atomic E-state index is 0. The molecule has 103 valence electrons. The van der Waals surface area contributed by atoms with Gasteiger partial charge in [0.1, 0.15) is 5.75 Å². The number of phenols is 1. The van der Waals surface area contributed by atoms with Crippen molar-refractivity contribution in [1.29, 1.82) is 0 Å². The fourth-order valence-electron chi connectivity index (χ4n) is 1.43. The smallest absolute Gasteiger partial charge is 1.00 e. The van der Waals surface area contributed by atoms with Crippen LogP contribution in [0, 0.1) is 0 Å². The molecule has 0 amide bonds. The minimum Gasteiger partial charge on any atom is -1.00 e. The van der Waals surface area contributed by atoms with E-state index in [1.807, 2.05) is 48.5 Å². The van der Waals surface area contributed by atoms with Crippen LogP contribution in [-0.4, -0.2) is 5.11 Å². The first-order chi connectivity index (χ1) is 7.52. The van der Waals surface area contributed by atoms with Gasteiger partial charge in [0.25, 0.3) is 0 Å². The number of hydrogen-bond acceptors (Lipinski definition) is 1. The number of hydrogen-bond donors (Lipinski definition) is 1. The van der Waals surface area contributed by atoms with Crippen molar-refractivity contribution in [2.45, 2.75) is 26.2 Å². The maximum Gasteiger partial charge on any atom is 3.00 e. The van der Waals surface area contributed by atoms with Crippen molar-refractivity contribution >= 4 is 0 Å². The third kappa shape index (κ3) is 9.99. The summed E-state index contributed by atoms with van der Waals surface area (Å²) in [4.78, 5) is 0. The molecule has 2 rings (SSSR count). The van der Waals surface area contributed by atoms with Crippen LogP contribution in [0.3, 0.4) is 0 Å². The van der Waals surface area contributed by atoms with E-state index in [0.29, 0.717) is 5.75 Å². The number of para-hydroxylation sites is 1. The molecule has 0 unspecified atom stereocenters. The molecule has 0 spiro atoms. The van der Waals surface area contributed by atoms with Gasteiger partial charge in [0.2, 0.25) is 0 Å². The molecule has 0 fully saturated rings. The Hall–Kier alpha value is 0.544. The van der Waals surface area contributed by atoms with Crippen molar-refractivity contribution in [1.82, 2.24) is 0 Å². The topological polar surface area (TPSA) is 20.2 Å². The van der Waals surface area contributed by atoms with E-state index in [0.717, 1.165) is 5.56 Å². The average molecular weight is 517 g/mol. The Labute approximate surface area is 165 Å². The Morgan fingerprint density at radius 2 is 1.37 bits per heavy atom. The van der Waals surface area contributed by atoms with E-state index in [2.05, 4.69) is 20.8 Å². The first kappa shape index (κ1) is 24.6. The number of benzene rings is 1. The van der Waals surface area contributed by atoms with E-state index in [1.165, 1.54) is 0 Å². The van der Waals surface area contributed by atoms with E-state index >= 15 is 0 Å². The molecule has 0 heterocycles. The van der Waals surface area contributed by atoms with Gasteiger partial charge < -0.3 is 53.1 Å². The largest absolute Gasteiger partial charge is 3.00 e. The zero-order valence-corrected chi connectivity index (χ0v) is 17.3. The summed E-state index contributed by atoms with van der Waals surface area (Å²) in [7, 11) is 0. The second-order valence-corrected chi connectivity index (χ2v) is 4.73. The molecular weight excluding hydrogens is 498 g/mol. The van der Waals surface area contributed by atoms with Gasteiger partial charge in [-0.2, -0.15) is 18.2 Å². The molecule has 0 aliphatic heterocycles. The van der Waals surface area contributed by atoms with Gasteiger partial charge in [-0.1, -0.05) is 39.0 Å². The molecule has 0 aliphatic carbocycles. The molecular formula is C15H19I2OTi. The van der Waals surface area contributed by atoms with Crippen LogP contribution in [0.5, 0.6) is 5.75 Å². The van der Waals surface area contributed by atoms with Gasteiger partial charge >= 0.3 is 21.7 Å². The van der Waals surface area contributed by atoms with Crippen LogP contribution >= 0.6 is 0 Å². The fraction of sp³-hybridized carbons (Fsp3) is 0.267. The quantitative estimate of drug-likeness (QED) is 0.246. The van der Waals surface area contributed by atoms with Gasteiger partial charge in [-0.3, -0.25) is 0 Å². The molecule has 4 heteroatoms. The van der Waals surface area contributed by atoms with Gasteiger partial charge in [0.15, 0.2) is 0 Å². The summed E-state index contributed by atoms with van der Waals surface area (Å²) in [5, 5.41) is 9.45. The third-order valence-corrected chi connectivity index (χ3v) is 2.27. The van der Waals surface area contributed by atoms with Gasteiger partial charge in [-0.05, 0) is 17.0 Å². The van der Waals surface area contributed by atoms with Gasteiger partial charge in [0, 0.05) is 0 Å². The Balaban J connectivity index is -0.000000277. The Morgan fingerprint density at radius 3 is 1.63 bits per heavy atom. The molecule has 1 N–H and O–H groups in total. The number of halogens is 2. The second kappa shape index (κ2) is 12.3. The first-order valence-corrected chi connectivity index (χ1v) is 5.47. The maximum absolute atomic E-state index is 9.45. The van der Waals surface area contributed by atoms with E-state index in [1.54, 1.807) is 6.07 Å². The van der Waals surface area contributed by atoms with Gasteiger partial charge in [0.05, 0.1) is 0 Å². The Kier molecular flexibility index (Phi) is 15.9. The normalized spacial score (nSPS) is 8.79. The van der Waals surface area contributed by atoms with Gasteiger partial charge in [-0.15, -0.1) is 0 Å². The van der Waals surface area contributed by atoms with E-state index in [4.69, 9.17) is 0 Å².